The van der Waals surface area contributed by atoms with Crippen LogP contribution in [-0.2, 0) is 0 Å². The molecule has 1 aliphatic rings. The highest BCUT2D eigenvalue weighted by atomic mass is 32.1. The number of nitrogens with two attached hydrogens (primary N) is 1. The second-order valence-corrected chi connectivity index (χ2v) is 6.51. The third-order valence-corrected chi connectivity index (χ3v) is 5.10. The van der Waals surface area contributed by atoms with Crippen LogP contribution in [0.15, 0.2) is 23.6 Å². The first-order valence-electron chi connectivity index (χ1n) is 7.31. The molecule has 2 atom stereocenters. The molecule has 3 heterocycles. The second-order valence-electron chi connectivity index (χ2n) is 5.57. The minimum Gasteiger partial charge on any atom is -0.333 e. The Hall–Kier alpha value is -1.66. The topological polar surface area (TPSA) is 75.0 Å². The maximum absolute atomic E-state index is 12.7. The SMILES string of the molecule is C[C@H]1CCCN(C(=O)c2cc(-c3cccs3)[nH]n2)[C@@H]1CN. The first-order valence-corrected chi connectivity index (χ1v) is 8.19. The lowest BCUT2D eigenvalue weighted by Gasteiger charge is -2.39. The van der Waals surface area contributed by atoms with Gasteiger partial charge in [0.25, 0.3) is 5.91 Å². The Morgan fingerprint density at radius 2 is 2.48 bits per heavy atom. The maximum Gasteiger partial charge on any atom is 0.274 e. The number of piperidine rings is 1. The summed E-state index contributed by atoms with van der Waals surface area (Å²) < 4.78 is 0. The van der Waals surface area contributed by atoms with E-state index >= 15 is 0 Å². The van der Waals surface area contributed by atoms with Crippen molar-refractivity contribution in [1.82, 2.24) is 15.1 Å². The highest BCUT2D eigenvalue weighted by Gasteiger charge is 2.32. The van der Waals surface area contributed by atoms with Gasteiger partial charge in [0.05, 0.1) is 10.6 Å². The van der Waals surface area contributed by atoms with Crippen molar-refractivity contribution in [2.24, 2.45) is 11.7 Å². The molecular formula is C15H20N4OS. The Morgan fingerprint density at radius 3 is 3.19 bits per heavy atom. The van der Waals surface area contributed by atoms with Crippen LogP contribution in [0.25, 0.3) is 10.6 Å². The lowest BCUT2D eigenvalue weighted by Crippen LogP contribution is -2.51. The summed E-state index contributed by atoms with van der Waals surface area (Å²) >= 11 is 1.63. The molecule has 0 unspecified atom stereocenters. The van der Waals surface area contributed by atoms with Crippen molar-refractivity contribution in [3.05, 3.63) is 29.3 Å². The number of thiophene rings is 1. The van der Waals surface area contributed by atoms with E-state index in [0.717, 1.165) is 30.0 Å². The van der Waals surface area contributed by atoms with Crippen molar-refractivity contribution < 1.29 is 4.79 Å². The fraction of sp³-hybridized carbons (Fsp3) is 0.467. The molecule has 2 aromatic rings. The van der Waals surface area contributed by atoms with E-state index in [0.29, 0.717) is 18.2 Å². The molecule has 1 aliphatic heterocycles. The Balaban J connectivity index is 1.81. The van der Waals surface area contributed by atoms with Crippen molar-refractivity contribution in [3.8, 4) is 10.6 Å². The van der Waals surface area contributed by atoms with E-state index in [-0.39, 0.29) is 11.9 Å². The molecule has 3 N–H and O–H groups in total. The van der Waals surface area contributed by atoms with Gasteiger partial charge in [-0.15, -0.1) is 11.3 Å². The molecule has 21 heavy (non-hydrogen) atoms. The largest absolute Gasteiger partial charge is 0.333 e. The zero-order chi connectivity index (χ0) is 14.8. The van der Waals surface area contributed by atoms with Gasteiger partial charge in [0.15, 0.2) is 5.69 Å². The quantitative estimate of drug-likeness (QED) is 0.914. The van der Waals surface area contributed by atoms with Crippen LogP contribution in [0.1, 0.15) is 30.3 Å². The highest BCUT2D eigenvalue weighted by Crippen LogP contribution is 2.26. The van der Waals surface area contributed by atoms with Crippen molar-refractivity contribution in [3.63, 3.8) is 0 Å². The number of aromatic amines is 1. The number of carbonyl (C=O) groups is 1. The van der Waals surface area contributed by atoms with Crippen LogP contribution in [0.4, 0.5) is 0 Å². The van der Waals surface area contributed by atoms with Crippen LogP contribution in [0, 0.1) is 5.92 Å². The Kier molecular flexibility index (Phi) is 4.07. The standard InChI is InChI=1S/C15H20N4OS/c1-10-4-2-6-19(13(10)9-16)15(20)12-8-11(17-18-12)14-5-3-7-21-14/h3,5,7-8,10,13H,2,4,6,9,16H2,1H3,(H,17,18)/t10-,13+/m0/s1. The predicted octanol–water partition coefficient (Wildman–Crippen LogP) is 2.34. The summed E-state index contributed by atoms with van der Waals surface area (Å²) in [5.41, 5.74) is 7.23. The summed E-state index contributed by atoms with van der Waals surface area (Å²) in [6.07, 6.45) is 2.16. The zero-order valence-electron chi connectivity index (χ0n) is 12.1. The number of amides is 1. The first-order chi connectivity index (χ1) is 10.2. The number of nitrogens with one attached hydrogen (secondary N) is 1. The molecule has 0 bridgehead atoms. The van der Waals surface area contributed by atoms with Gasteiger partial charge >= 0.3 is 0 Å². The molecule has 0 saturated carbocycles. The molecule has 0 spiro atoms. The molecular weight excluding hydrogens is 284 g/mol. The van der Waals surface area contributed by atoms with E-state index < -0.39 is 0 Å². The Morgan fingerprint density at radius 1 is 1.62 bits per heavy atom. The van der Waals surface area contributed by atoms with Crippen LogP contribution in [0.2, 0.25) is 0 Å². The van der Waals surface area contributed by atoms with Crippen molar-refractivity contribution in [2.75, 3.05) is 13.1 Å². The summed E-state index contributed by atoms with van der Waals surface area (Å²) in [6, 6.07) is 5.95. The number of rotatable bonds is 3. The molecule has 3 rings (SSSR count). The van der Waals surface area contributed by atoms with Crippen molar-refractivity contribution in [2.45, 2.75) is 25.8 Å². The summed E-state index contributed by atoms with van der Waals surface area (Å²) in [4.78, 5) is 15.7. The number of hydrogen-bond acceptors (Lipinski definition) is 4. The van der Waals surface area contributed by atoms with Gasteiger partial charge in [0.2, 0.25) is 0 Å². The average molecular weight is 304 g/mol. The van der Waals surface area contributed by atoms with E-state index in [1.807, 2.05) is 28.5 Å². The zero-order valence-corrected chi connectivity index (χ0v) is 12.9. The molecule has 1 saturated heterocycles. The average Bonchev–Trinajstić information content (AvgIpc) is 3.16. The van der Waals surface area contributed by atoms with Gasteiger partial charge in [0.1, 0.15) is 0 Å². The summed E-state index contributed by atoms with van der Waals surface area (Å²) in [7, 11) is 0. The van der Waals surface area contributed by atoms with Crippen LogP contribution in [0.5, 0.6) is 0 Å². The van der Waals surface area contributed by atoms with Gasteiger partial charge in [0, 0.05) is 19.1 Å². The number of aromatic nitrogens is 2. The molecule has 0 aliphatic carbocycles. The van der Waals surface area contributed by atoms with Gasteiger partial charge in [-0.05, 0) is 36.3 Å². The molecule has 0 radical (unpaired) electrons. The molecule has 2 aromatic heterocycles. The summed E-state index contributed by atoms with van der Waals surface area (Å²) in [6.45, 7) is 3.44. The molecule has 112 valence electrons. The van der Waals surface area contributed by atoms with Crippen molar-refractivity contribution >= 4 is 17.2 Å². The predicted molar refractivity (Wildman–Crippen MR) is 84.2 cm³/mol. The maximum atomic E-state index is 12.7. The minimum absolute atomic E-state index is 0.0175. The smallest absolute Gasteiger partial charge is 0.274 e. The molecule has 5 nitrogen and oxygen atoms in total. The van der Waals surface area contributed by atoms with Gasteiger partial charge in [-0.2, -0.15) is 5.10 Å². The first kappa shape index (κ1) is 14.3. The lowest BCUT2D eigenvalue weighted by molar-refractivity contribution is 0.0526. The Labute approximate surface area is 128 Å². The fourth-order valence-electron chi connectivity index (χ4n) is 3.00. The summed E-state index contributed by atoms with van der Waals surface area (Å²) in [5.74, 6) is 0.430. The van der Waals surface area contributed by atoms with E-state index in [1.54, 1.807) is 11.3 Å². The molecule has 1 amide bonds. The lowest BCUT2D eigenvalue weighted by atomic mass is 9.90. The van der Waals surface area contributed by atoms with Crippen LogP contribution in [0.3, 0.4) is 0 Å². The normalized spacial score (nSPS) is 22.5. The van der Waals surface area contributed by atoms with Crippen LogP contribution >= 0.6 is 11.3 Å². The third kappa shape index (κ3) is 2.73. The second kappa shape index (κ2) is 5.99. The number of hydrogen-bond donors (Lipinski definition) is 2. The molecule has 6 heteroatoms. The fourth-order valence-corrected chi connectivity index (χ4v) is 3.69. The molecule has 0 aromatic carbocycles. The monoisotopic (exact) mass is 304 g/mol. The van der Waals surface area contributed by atoms with Crippen LogP contribution < -0.4 is 5.73 Å². The van der Waals surface area contributed by atoms with E-state index in [4.69, 9.17) is 5.73 Å². The number of H-pyrrole nitrogens is 1. The van der Waals surface area contributed by atoms with E-state index in [9.17, 15) is 4.79 Å². The van der Waals surface area contributed by atoms with Gasteiger partial charge < -0.3 is 10.6 Å². The van der Waals surface area contributed by atoms with Gasteiger partial charge in [-0.3, -0.25) is 9.89 Å². The minimum atomic E-state index is -0.0175. The third-order valence-electron chi connectivity index (χ3n) is 4.20. The van der Waals surface area contributed by atoms with Gasteiger partial charge in [-0.25, -0.2) is 0 Å². The summed E-state index contributed by atoms with van der Waals surface area (Å²) in [5, 5.41) is 9.15. The number of likely N-dealkylation sites (tertiary alicyclic amines) is 1. The van der Waals surface area contributed by atoms with E-state index in [2.05, 4.69) is 17.1 Å². The Bertz CT molecular complexity index is 607. The highest BCUT2D eigenvalue weighted by molar-refractivity contribution is 7.13. The van der Waals surface area contributed by atoms with Crippen LogP contribution in [-0.4, -0.2) is 40.1 Å². The van der Waals surface area contributed by atoms with Gasteiger partial charge in [-0.1, -0.05) is 13.0 Å². The van der Waals surface area contributed by atoms with Crippen molar-refractivity contribution in [1.29, 1.82) is 0 Å². The number of carbonyl (C=O) groups excluding carboxylic acids is 1. The van der Waals surface area contributed by atoms with E-state index in [1.165, 1.54) is 0 Å². The number of nitrogens with zero attached hydrogens (tertiary/aromatic N) is 2. The molecule has 1 fully saturated rings.